The van der Waals surface area contributed by atoms with E-state index < -0.39 is 17.6 Å². The van der Waals surface area contributed by atoms with Crippen molar-refractivity contribution in [2.24, 2.45) is 0 Å². The third kappa shape index (κ3) is 4.55. The third-order valence-electron chi connectivity index (χ3n) is 3.46. The lowest BCUT2D eigenvalue weighted by Crippen LogP contribution is -2.27. The summed E-state index contributed by atoms with van der Waals surface area (Å²) >= 11 is 0. The van der Waals surface area contributed by atoms with Crippen LogP contribution in [0.5, 0.6) is 0 Å². The number of carbonyl (C=O) groups excluding carboxylic acids is 1. The molecule has 0 aliphatic rings. The molecule has 1 amide bonds. The van der Waals surface area contributed by atoms with Gasteiger partial charge in [0.25, 0.3) is 5.91 Å². The normalized spacial score (nSPS) is 12.7. The number of carbonyl (C=O) groups is 1. The molecular formula is C17H15F4NO. The molecule has 0 saturated heterocycles. The van der Waals surface area contributed by atoms with Crippen molar-refractivity contribution in [3.05, 3.63) is 71.0 Å². The quantitative estimate of drug-likeness (QED) is 0.831. The summed E-state index contributed by atoms with van der Waals surface area (Å²) in [5.41, 5.74) is -0.0846. The van der Waals surface area contributed by atoms with Crippen LogP contribution < -0.4 is 5.32 Å². The number of alkyl halides is 3. The Bertz CT molecular complexity index is 680. The largest absolute Gasteiger partial charge is 0.416 e. The monoisotopic (exact) mass is 325 g/mol. The van der Waals surface area contributed by atoms with E-state index in [9.17, 15) is 22.4 Å². The first-order valence-electron chi connectivity index (χ1n) is 6.98. The molecule has 0 aliphatic heterocycles. The molecule has 2 aromatic carbocycles. The number of rotatable bonds is 4. The van der Waals surface area contributed by atoms with E-state index in [4.69, 9.17) is 0 Å². The Kier molecular flexibility index (Phi) is 5.03. The smallest absolute Gasteiger partial charge is 0.351 e. The Morgan fingerprint density at radius 2 is 1.78 bits per heavy atom. The highest BCUT2D eigenvalue weighted by atomic mass is 19.4. The molecule has 2 aromatic rings. The zero-order chi connectivity index (χ0) is 17.0. The van der Waals surface area contributed by atoms with Gasteiger partial charge >= 0.3 is 6.18 Å². The van der Waals surface area contributed by atoms with Crippen molar-refractivity contribution in [2.45, 2.75) is 19.0 Å². The van der Waals surface area contributed by atoms with Crippen LogP contribution in [0.25, 0.3) is 0 Å². The second-order valence-electron chi connectivity index (χ2n) is 5.24. The zero-order valence-corrected chi connectivity index (χ0v) is 12.3. The van der Waals surface area contributed by atoms with Crippen LogP contribution in [0.3, 0.4) is 0 Å². The van der Waals surface area contributed by atoms with Gasteiger partial charge < -0.3 is 5.32 Å². The molecule has 0 heterocycles. The van der Waals surface area contributed by atoms with Gasteiger partial charge in [-0.05, 0) is 41.8 Å². The highest BCUT2D eigenvalue weighted by Gasteiger charge is 2.30. The number of benzene rings is 2. The number of hydrogen-bond acceptors (Lipinski definition) is 1. The van der Waals surface area contributed by atoms with Gasteiger partial charge in [-0.15, -0.1) is 0 Å². The molecule has 6 heteroatoms. The average molecular weight is 325 g/mol. The minimum Gasteiger partial charge on any atom is -0.351 e. The summed E-state index contributed by atoms with van der Waals surface area (Å²) in [4.78, 5) is 12.0. The van der Waals surface area contributed by atoms with Gasteiger partial charge in [0.15, 0.2) is 0 Å². The minimum atomic E-state index is -4.49. The Labute approximate surface area is 131 Å². The lowest BCUT2D eigenvalue weighted by Gasteiger charge is -2.14. The summed E-state index contributed by atoms with van der Waals surface area (Å²) in [5.74, 6) is -1.02. The molecule has 1 unspecified atom stereocenters. The van der Waals surface area contributed by atoms with E-state index in [1.54, 1.807) is 12.1 Å². The van der Waals surface area contributed by atoms with Crippen LogP contribution in [0, 0.1) is 5.82 Å². The zero-order valence-electron chi connectivity index (χ0n) is 12.3. The molecule has 0 spiro atoms. The Balaban J connectivity index is 2.01. The van der Waals surface area contributed by atoms with E-state index in [0.29, 0.717) is 0 Å². The highest BCUT2D eigenvalue weighted by molar-refractivity contribution is 5.94. The van der Waals surface area contributed by atoms with Gasteiger partial charge in [0, 0.05) is 12.1 Å². The van der Waals surface area contributed by atoms with Gasteiger partial charge in [-0.2, -0.15) is 13.2 Å². The van der Waals surface area contributed by atoms with E-state index in [0.717, 1.165) is 17.7 Å². The number of hydrogen-bond donors (Lipinski definition) is 1. The van der Waals surface area contributed by atoms with E-state index in [1.165, 1.54) is 24.3 Å². The Hall–Kier alpha value is -2.37. The topological polar surface area (TPSA) is 29.1 Å². The third-order valence-corrected chi connectivity index (χ3v) is 3.46. The van der Waals surface area contributed by atoms with Gasteiger partial charge in [-0.1, -0.05) is 25.1 Å². The van der Waals surface area contributed by atoms with Crippen LogP contribution >= 0.6 is 0 Å². The first kappa shape index (κ1) is 17.0. The van der Waals surface area contributed by atoms with Crippen LogP contribution in [0.2, 0.25) is 0 Å². The number of halogens is 4. The summed E-state index contributed by atoms with van der Waals surface area (Å²) in [6.45, 7) is 2.07. The van der Waals surface area contributed by atoms with E-state index in [1.807, 2.05) is 6.92 Å². The van der Waals surface area contributed by atoms with Crippen LogP contribution in [-0.2, 0) is 6.18 Å². The van der Waals surface area contributed by atoms with E-state index >= 15 is 0 Å². The molecule has 0 fully saturated rings. The summed E-state index contributed by atoms with van der Waals surface area (Å²) in [7, 11) is 0. The lowest BCUT2D eigenvalue weighted by atomic mass is 10.0. The molecule has 0 radical (unpaired) electrons. The van der Waals surface area contributed by atoms with Crippen molar-refractivity contribution in [1.82, 2.24) is 5.32 Å². The summed E-state index contributed by atoms with van der Waals surface area (Å²) in [5, 5.41) is 2.59. The van der Waals surface area contributed by atoms with Crippen molar-refractivity contribution < 1.29 is 22.4 Å². The summed E-state index contributed by atoms with van der Waals surface area (Å²) in [6.07, 6.45) is -4.49. The summed E-state index contributed by atoms with van der Waals surface area (Å²) in [6, 6.07) is 10.1. The van der Waals surface area contributed by atoms with Gasteiger partial charge in [0.05, 0.1) is 5.56 Å². The van der Waals surface area contributed by atoms with Crippen molar-refractivity contribution >= 4 is 5.91 Å². The SMILES string of the molecule is CC(CNC(=O)c1cccc(C(F)(F)F)c1)c1ccc(F)cc1. The predicted octanol–water partition coefficient (Wildman–Crippen LogP) is 4.38. The number of nitrogens with one attached hydrogen (secondary N) is 1. The van der Waals surface area contributed by atoms with Crippen molar-refractivity contribution in [3.8, 4) is 0 Å². The fourth-order valence-corrected chi connectivity index (χ4v) is 2.09. The maximum Gasteiger partial charge on any atom is 0.416 e. The highest BCUT2D eigenvalue weighted by Crippen LogP contribution is 2.29. The minimum absolute atomic E-state index is 0.0499. The molecule has 1 N–H and O–H groups in total. The molecule has 0 aliphatic carbocycles. The standard InChI is InChI=1S/C17H15F4NO/c1-11(12-5-7-15(18)8-6-12)10-22-16(23)13-3-2-4-14(9-13)17(19,20)21/h2-9,11H,10H2,1H3,(H,22,23). The molecule has 0 aromatic heterocycles. The lowest BCUT2D eigenvalue weighted by molar-refractivity contribution is -0.137. The predicted molar refractivity (Wildman–Crippen MR) is 78.6 cm³/mol. The fraction of sp³-hybridized carbons (Fsp3) is 0.235. The summed E-state index contributed by atoms with van der Waals surface area (Å²) < 4.78 is 50.8. The second-order valence-corrected chi connectivity index (χ2v) is 5.24. The van der Waals surface area contributed by atoms with Gasteiger partial charge in [-0.25, -0.2) is 4.39 Å². The van der Waals surface area contributed by atoms with Crippen LogP contribution in [0.1, 0.15) is 34.3 Å². The maximum absolute atomic E-state index is 12.9. The van der Waals surface area contributed by atoms with Crippen LogP contribution in [0.4, 0.5) is 17.6 Å². The van der Waals surface area contributed by atoms with Gasteiger partial charge in [0.1, 0.15) is 5.82 Å². The molecular weight excluding hydrogens is 310 g/mol. The van der Waals surface area contributed by atoms with Crippen LogP contribution in [-0.4, -0.2) is 12.5 Å². The van der Waals surface area contributed by atoms with E-state index in [2.05, 4.69) is 5.32 Å². The van der Waals surface area contributed by atoms with Crippen molar-refractivity contribution in [3.63, 3.8) is 0 Å². The molecule has 2 rings (SSSR count). The molecule has 2 nitrogen and oxygen atoms in total. The van der Waals surface area contributed by atoms with Gasteiger partial charge in [0.2, 0.25) is 0 Å². The second kappa shape index (κ2) is 6.81. The average Bonchev–Trinajstić information content (AvgIpc) is 2.52. The van der Waals surface area contributed by atoms with Crippen molar-refractivity contribution in [2.75, 3.05) is 6.54 Å². The first-order chi connectivity index (χ1) is 10.8. The molecule has 1 atom stereocenters. The first-order valence-corrected chi connectivity index (χ1v) is 6.98. The Morgan fingerprint density at radius 3 is 2.39 bits per heavy atom. The van der Waals surface area contributed by atoms with Gasteiger partial charge in [-0.3, -0.25) is 4.79 Å². The molecule has 23 heavy (non-hydrogen) atoms. The molecule has 0 saturated carbocycles. The molecule has 0 bridgehead atoms. The maximum atomic E-state index is 12.9. The Morgan fingerprint density at radius 1 is 1.13 bits per heavy atom. The van der Waals surface area contributed by atoms with Crippen LogP contribution in [0.15, 0.2) is 48.5 Å². The van der Waals surface area contributed by atoms with E-state index in [-0.39, 0.29) is 23.8 Å². The van der Waals surface area contributed by atoms with Crippen molar-refractivity contribution in [1.29, 1.82) is 0 Å². The fourth-order valence-electron chi connectivity index (χ4n) is 2.09. The molecule has 122 valence electrons. The number of amides is 1.